The van der Waals surface area contributed by atoms with Gasteiger partial charge in [-0.1, -0.05) is 111 Å². The third-order valence-corrected chi connectivity index (χ3v) is 5.96. The van der Waals surface area contributed by atoms with Crippen molar-refractivity contribution in [3.63, 3.8) is 0 Å². The maximum absolute atomic E-state index is 3.74. The first-order valence-electron chi connectivity index (χ1n) is 12.5. The van der Waals surface area contributed by atoms with Crippen molar-refractivity contribution in [2.75, 3.05) is 0 Å². The Morgan fingerprint density at radius 2 is 0.895 bits per heavy atom. The molecule has 189 valence electrons. The second kappa shape index (κ2) is 15.0. The number of rotatable bonds is 2. The van der Waals surface area contributed by atoms with Gasteiger partial charge in [0.15, 0.2) is 0 Å². The molecular formula is C36H37SiZr. The van der Waals surface area contributed by atoms with E-state index >= 15 is 0 Å². The average Bonchev–Trinajstić information content (AvgIpc) is 3.45. The van der Waals surface area contributed by atoms with Gasteiger partial charge in [-0.15, -0.1) is 77.9 Å². The van der Waals surface area contributed by atoms with E-state index in [1.165, 1.54) is 54.9 Å². The van der Waals surface area contributed by atoms with E-state index in [1.54, 1.807) is 0 Å². The van der Waals surface area contributed by atoms with Crippen molar-refractivity contribution in [2.45, 2.75) is 26.9 Å². The summed E-state index contributed by atoms with van der Waals surface area (Å²) < 4.78 is 0. The van der Waals surface area contributed by atoms with Gasteiger partial charge in [-0.3, -0.25) is 0 Å². The Balaban J connectivity index is 0.000000224. The molecule has 0 aliphatic carbocycles. The quantitative estimate of drug-likeness (QED) is 0.139. The van der Waals surface area contributed by atoms with E-state index in [0.717, 1.165) is 0 Å². The first-order chi connectivity index (χ1) is 17.4. The molecule has 0 aliphatic rings. The number of benzene rings is 4. The molecule has 0 aliphatic heterocycles. The summed E-state index contributed by atoms with van der Waals surface area (Å²) in [6.07, 6.45) is 0. The van der Waals surface area contributed by atoms with Crippen LogP contribution in [0, 0.1) is 27.8 Å². The molecule has 6 aromatic carbocycles. The number of aryl methyl sites for hydroxylation is 2. The molecular weight excluding hydrogens is 552 g/mol. The Hall–Kier alpha value is -2.80. The fourth-order valence-corrected chi connectivity index (χ4v) is 4.51. The summed E-state index contributed by atoms with van der Waals surface area (Å²) in [7, 11) is -0.130. The van der Waals surface area contributed by atoms with Crippen LogP contribution in [0.1, 0.15) is 11.1 Å². The molecule has 0 nitrogen and oxygen atoms in total. The summed E-state index contributed by atoms with van der Waals surface area (Å²) in [4.78, 5) is 0. The summed E-state index contributed by atoms with van der Waals surface area (Å²) in [6.45, 7) is 12.4. The van der Waals surface area contributed by atoms with Crippen molar-refractivity contribution in [1.82, 2.24) is 0 Å². The van der Waals surface area contributed by atoms with Crippen LogP contribution < -0.4 is 0 Å². The third kappa shape index (κ3) is 8.10. The molecule has 0 aromatic heterocycles. The van der Waals surface area contributed by atoms with E-state index in [1.807, 2.05) is 0 Å². The van der Waals surface area contributed by atoms with Crippen LogP contribution in [0.15, 0.2) is 121 Å². The third-order valence-electron chi connectivity index (χ3n) is 5.96. The molecule has 0 amide bonds. The SMILES string of the molecule is Cc1cc2c(-c3ccccc3)cccc2[cH-]1.Cc1cc2c(-c3ccccc3)cccc2[cH-]1.[CH2-][Si](C)C.[CH3-].[Zr+4]. The van der Waals surface area contributed by atoms with Crippen LogP contribution in [0.5, 0.6) is 0 Å². The van der Waals surface area contributed by atoms with Gasteiger partial charge in [-0.05, 0) is 11.1 Å². The number of hydrogen-bond acceptors (Lipinski definition) is 0. The molecule has 0 bridgehead atoms. The fourth-order valence-electron chi connectivity index (χ4n) is 4.51. The Morgan fingerprint density at radius 3 is 1.24 bits per heavy atom. The van der Waals surface area contributed by atoms with E-state index in [-0.39, 0.29) is 42.4 Å². The first kappa shape index (κ1) is 31.4. The topological polar surface area (TPSA) is 0 Å². The maximum atomic E-state index is 3.74. The maximum Gasteiger partial charge on any atom is 4.00 e. The van der Waals surface area contributed by atoms with Crippen molar-refractivity contribution >= 4 is 30.3 Å². The minimum absolute atomic E-state index is 0. The molecule has 0 spiro atoms. The van der Waals surface area contributed by atoms with Gasteiger partial charge in [-0.25, -0.2) is 0 Å². The van der Waals surface area contributed by atoms with Crippen molar-refractivity contribution < 1.29 is 26.2 Å². The predicted molar refractivity (Wildman–Crippen MR) is 169 cm³/mol. The Kier molecular flexibility index (Phi) is 12.4. The zero-order valence-electron chi connectivity index (χ0n) is 23.3. The molecule has 0 fully saturated rings. The molecule has 1 radical (unpaired) electrons. The Bertz CT molecular complexity index is 1400. The van der Waals surface area contributed by atoms with Gasteiger partial charge in [0.05, 0.1) is 0 Å². The first-order valence-corrected chi connectivity index (χ1v) is 15.2. The molecule has 6 rings (SSSR count). The molecule has 0 heterocycles. The van der Waals surface area contributed by atoms with Crippen LogP contribution in [0.2, 0.25) is 13.1 Å². The molecule has 0 N–H and O–H groups in total. The average molecular weight is 589 g/mol. The number of hydrogen-bond donors (Lipinski definition) is 0. The zero-order chi connectivity index (χ0) is 25.5. The number of fused-ring (bicyclic) bond motifs is 2. The van der Waals surface area contributed by atoms with Crippen LogP contribution in [-0.2, 0) is 26.2 Å². The van der Waals surface area contributed by atoms with Crippen molar-refractivity contribution in [1.29, 1.82) is 0 Å². The van der Waals surface area contributed by atoms with Gasteiger partial charge in [0.25, 0.3) is 0 Å². The van der Waals surface area contributed by atoms with E-state index in [9.17, 15) is 0 Å². The van der Waals surface area contributed by atoms with Crippen LogP contribution in [0.25, 0.3) is 43.8 Å². The van der Waals surface area contributed by atoms with E-state index < -0.39 is 0 Å². The Labute approximate surface area is 250 Å². The standard InChI is InChI=1S/2C16H13.C3H8Si.CH3.Zr/c2*1-12-10-14-8-5-9-15(16(14)11-12)13-6-3-2-4-7-13;1-4(2)3;;/h2*2-11H,1H3;1H2,2-3H3;1H3;/q4*-1;+4. The molecule has 2 heteroatoms. The van der Waals surface area contributed by atoms with Crippen molar-refractivity contribution in [3.05, 3.63) is 146 Å². The minimum Gasteiger partial charge on any atom is -0.358 e. The molecule has 38 heavy (non-hydrogen) atoms. The fraction of sp³-hybridized carbons (Fsp3) is 0.111. The minimum atomic E-state index is -0.130. The summed E-state index contributed by atoms with van der Waals surface area (Å²) in [5.41, 5.74) is 7.89. The van der Waals surface area contributed by atoms with Gasteiger partial charge >= 0.3 is 26.2 Å². The monoisotopic (exact) mass is 587 g/mol. The second-order valence-corrected chi connectivity index (χ2v) is 12.0. The van der Waals surface area contributed by atoms with Gasteiger partial charge in [0, 0.05) is 0 Å². The van der Waals surface area contributed by atoms with Crippen LogP contribution in [0.3, 0.4) is 0 Å². The normalized spacial score (nSPS) is 10.1. The smallest absolute Gasteiger partial charge is 0.358 e. The molecule has 0 saturated heterocycles. The predicted octanol–water partition coefficient (Wildman–Crippen LogP) is 10.6. The van der Waals surface area contributed by atoms with Crippen LogP contribution >= 0.6 is 0 Å². The van der Waals surface area contributed by atoms with E-state index in [4.69, 9.17) is 0 Å². The van der Waals surface area contributed by atoms with Crippen molar-refractivity contribution in [3.8, 4) is 22.3 Å². The summed E-state index contributed by atoms with van der Waals surface area (Å²) >= 11 is 0. The van der Waals surface area contributed by atoms with Crippen LogP contribution in [-0.4, -0.2) is 8.80 Å². The van der Waals surface area contributed by atoms with Crippen molar-refractivity contribution in [2.24, 2.45) is 0 Å². The molecule has 6 aromatic rings. The van der Waals surface area contributed by atoms with Crippen LogP contribution in [0.4, 0.5) is 0 Å². The van der Waals surface area contributed by atoms with E-state index in [2.05, 4.69) is 155 Å². The zero-order valence-corrected chi connectivity index (χ0v) is 26.7. The summed E-state index contributed by atoms with van der Waals surface area (Å²) in [5.74, 6) is 0. The largest absolute Gasteiger partial charge is 4.00 e. The molecule has 0 atom stereocenters. The Morgan fingerprint density at radius 1 is 0.553 bits per heavy atom. The summed E-state index contributed by atoms with van der Waals surface area (Å²) in [6, 6.07) is 43.1. The molecule has 0 unspecified atom stereocenters. The molecule has 0 saturated carbocycles. The summed E-state index contributed by atoms with van der Waals surface area (Å²) in [5, 5.41) is 5.37. The van der Waals surface area contributed by atoms with Gasteiger partial charge in [0.2, 0.25) is 0 Å². The van der Waals surface area contributed by atoms with Gasteiger partial charge < -0.3 is 14.0 Å². The van der Waals surface area contributed by atoms with Gasteiger partial charge in [-0.2, -0.15) is 12.1 Å². The van der Waals surface area contributed by atoms with Gasteiger partial charge in [0.1, 0.15) is 0 Å². The second-order valence-electron chi connectivity index (χ2n) is 9.62. The van der Waals surface area contributed by atoms with E-state index in [0.29, 0.717) is 0 Å².